The summed E-state index contributed by atoms with van der Waals surface area (Å²) in [4.78, 5) is 0. The molecule has 1 atom stereocenters. The van der Waals surface area contributed by atoms with Gasteiger partial charge in [-0.15, -0.1) is 0 Å². The van der Waals surface area contributed by atoms with E-state index in [1.165, 1.54) is 10.9 Å². The summed E-state index contributed by atoms with van der Waals surface area (Å²) in [5.41, 5.74) is 6.20. The molecule has 1 aromatic heterocycles. The van der Waals surface area contributed by atoms with Crippen molar-refractivity contribution in [2.45, 2.75) is 38.3 Å². The molecule has 0 aliphatic heterocycles. The average Bonchev–Trinajstić information content (AvgIpc) is 2.70. The second-order valence-corrected chi connectivity index (χ2v) is 5.01. The second-order valence-electron chi connectivity index (χ2n) is 4.60. The first kappa shape index (κ1) is 17.2. The van der Waals surface area contributed by atoms with Gasteiger partial charge in [0.2, 0.25) is 0 Å². The summed E-state index contributed by atoms with van der Waals surface area (Å²) in [6, 6.07) is -0.869. The fraction of sp³-hybridized carbons (Fsp3) is 0.727. The molecule has 116 valence electrons. The van der Waals surface area contributed by atoms with E-state index in [1.54, 1.807) is 0 Å². The molecule has 1 unspecified atom stereocenters. The highest BCUT2D eigenvalue weighted by Crippen LogP contribution is 2.26. The summed E-state index contributed by atoms with van der Waals surface area (Å²) >= 11 is 5.92. The zero-order valence-electron chi connectivity index (χ0n) is 11.0. The molecule has 0 aromatic carbocycles. The van der Waals surface area contributed by atoms with Crippen molar-refractivity contribution in [2.75, 3.05) is 13.2 Å². The van der Waals surface area contributed by atoms with E-state index in [4.69, 9.17) is 17.3 Å². The Morgan fingerprint density at radius 3 is 2.55 bits per heavy atom. The van der Waals surface area contributed by atoms with Gasteiger partial charge in [-0.1, -0.05) is 11.6 Å². The molecule has 9 heteroatoms. The van der Waals surface area contributed by atoms with Gasteiger partial charge in [-0.2, -0.15) is 13.9 Å². The molecule has 0 amide bonds. The molecule has 0 aliphatic carbocycles. The van der Waals surface area contributed by atoms with Crippen molar-refractivity contribution in [1.29, 1.82) is 0 Å². The van der Waals surface area contributed by atoms with Crippen molar-refractivity contribution < 1.29 is 22.3 Å². The van der Waals surface area contributed by atoms with E-state index in [2.05, 4.69) is 9.84 Å². The van der Waals surface area contributed by atoms with Gasteiger partial charge in [-0.05, 0) is 13.8 Å². The van der Waals surface area contributed by atoms with Gasteiger partial charge in [0.25, 0.3) is 0 Å². The molecule has 0 fully saturated rings. The van der Waals surface area contributed by atoms with E-state index < -0.39 is 25.0 Å². The molecule has 2 N–H and O–H groups in total. The number of ether oxygens (including phenoxy) is 1. The first-order valence-electron chi connectivity index (χ1n) is 5.89. The lowest BCUT2D eigenvalue weighted by Crippen LogP contribution is -2.34. The van der Waals surface area contributed by atoms with Crippen LogP contribution in [0.3, 0.4) is 0 Å². The maximum atomic E-state index is 12.7. The highest BCUT2D eigenvalue weighted by atomic mass is 35.5. The van der Waals surface area contributed by atoms with Crippen molar-refractivity contribution >= 4 is 11.6 Å². The van der Waals surface area contributed by atoms with Gasteiger partial charge in [0.1, 0.15) is 6.61 Å². The molecule has 4 nitrogen and oxygen atoms in total. The Morgan fingerprint density at radius 2 is 2.05 bits per heavy atom. The Hall–Kier alpha value is -0.860. The minimum Gasteiger partial charge on any atom is -0.373 e. The summed E-state index contributed by atoms with van der Waals surface area (Å²) in [6.07, 6.45) is -2.40. The summed E-state index contributed by atoms with van der Waals surface area (Å²) in [6.45, 7) is 1.92. The maximum Gasteiger partial charge on any atom is 0.330 e. The van der Waals surface area contributed by atoms with Crippen LogP contribution in [-0.2, 0) is 4.74 Å². The Kier molecular flexibility index (Phi) is 5.79. The summed E-state index contributed by atoms with van der Waals surface area (Å²) in [5.74, 6) is -4.19. The number of halogens is 5. The standard InChI is InChI=1S/C11H16ClF4N3O/c1-6(2)19-9(7(12)3-18-19)8(17)4-20-5-11(15,16)10(13)14/h3,6,8,10H,4-5,17H2,1-2H3. The van der Waals surface area contributed by atoms with Crippen LogP contribution in [0.4, 0.5) is 17.6 Å². The van der Waals surface area contributed by atoms with Gasteiger partial charge in [0.15, 0.2) is 0 Å². The van der Waals surface area contributed by atoms with Crippen LogP contribution >= 0.6 is 11.6 Å². The average molecular weight is 318 g/mol. The van der Waals surface area contributed by atoms with Crippen LogP contribution in [-0.4, -0.2) is 35.3 Å². The lowest BCUT2D eigenvalue weighted by Gasteiger charge is -2.19. The molecule has 1 heterocycles. The molecule has 1 rings (SSSR count). The fourth-order valence-corrected chi connectivity index (χ4v) is 1.84. The van der Waals surface area contributed by atoms with Crippen LogP contribution in [0.5, 0.6) is 0 Å². The van der Waals surface area contributed by atoms with Crippen molar-refractivity contribution in [1.82, 2.24) is 9.78 Å². The van der Waals surface area contributed by atoms with E-state index in [-0.39, 0.29) is 17.7 Å². The van der Waals surface area contributed by atoms with Crippen molar-refractivity contribution in [3.63, 3.8) is 0 Å². The van der Waals surface area contributed by atoms with E-state index in [0.29, 0.717) is 5.69 Å². The molecule has 20 heavy (non-hydrogen) atoms. The molecule has 0 saturated heterocycles. The highest BCUT2D eigenvalue weighted by Gasteiger charge is 2.41. The quantitative estimate of drug-likeness (QED) is 0.786. The Bertz CT molecular complexity index is 439. The molecular formula is C11H16ClF4N3O. The number of alkyl halides is 4. The smallest absolute Gasteiger partial charge is 0.330 e. The van der Waals surface area contributed by atoms with E-state index >= 15 is 0 Å². The molecule has 0 saturated carbocycles. The third kappa shape index (κ3) is 4.07. The van der Waals surface area contributed by atoms with Crippen LogP contribution < -0.4 is 5.73 Å². The van der Waals surface area contributed by atoms with Gasteiger partial charge in [-0.3, -0.25) is 4.68 Å². The Labute approximate surface area is 118 Å². The monoisotopic (exact) mass is 317 g/mol. The predicted octanol–water partition coefficient (Wildman–Crippen LogP) is 3.03. The van der Waals surface area contributed by atoms with E-state index in [9.17, 15) is 17.6 Å². The first-order valence-corrected chi connectivity index (χ1v) is 6.26. The lowest BCUT2D eigenvalue weighted by molar-refractivity contribution is -0.166. The first-order chi connectivity index (χ1) is 9.16. The van der Waals surface area contributed by atoms with Crippen LogP contribution in [0.25, 0.3) is 0 Å². The minimum absolute atomic E-state index is 0.0361. The van der Waals surface area contributed by atoms with Crippen molar-refractivity contribution in [3.05, 3.63) is 16.9 Å². The number of hydrogen-bond donors (Lipinski definition) is 1. The Balaban J connectivity index is 2.64. The maximum absolute atomic E-state index is 12.7. The fourth-order valence-electron chi connectivity index (χ4n) is 1.57. The number of rotatable bonds is 7. The molecule has 0 aliphatic rings. The topological polar surface area (TPSA) is 53.1 Å². The SMILES string of the molecule is CC(C)n1ncc(Cl)c1C(N)COCC(F)(F)C(F)F. The number of nitrogens with zero attached hydrogens (tertiary/aromatic N) is 2. The number of aromatic nitrogens is 2. The highest BCUT2D eigenvalue weighted by molar-refractivity contribution is 6.31. The predicted molar refractivity (Wildman–Crippen MR) is 66.3 cm³/mol. The largest absolute Gasteiger partial charge is 0.373 e. The summed E-state index contributed by atoms with van der Waals surface area (Å²) in [7, 11) is 0. The normalized spacial score (nSPS) is 14.3. The van der Waals surface area contributed by atoms with Crippen LogP contribution in [0.2, 0.25) is 5.02 Å². The molecular weight excluding hydrogens is 302 g/mol. The number of hydrogen-bond acceptors (Lipinski definition) is 3. The van der Waals surface area contributed by atoms with Gasteiger partial charge in [-0.25, -0.2) is 8.78 Å². The molecule has 0 radical (unpaired) electrons. The molecule has 0 spiro atoms. The second kappa shape index (κ2) is 6.73. The third-order valence-electron chi connectivity index (χ3n) is 2.54. The van der Waals surface area contributed by atoms with Gasteiger partial charge >= 0.3 is 12.3 Å². The summed E-state index contributed by atoms with van der Waals surface area (Å²) < 4.78 is 55.3. The van der Waals surface area contributed by atoms with E-state index in [0.717, 1.165) is 0 Å². The van der Waals surface area contributed by atoms with Gasteiger partial charge in [0, 0.05) is 6.04 Å². The van der Waals surface area contributed by atoms with Crippen molar-refractivity contribution in [3.8, 4) is 0 Å². The van der Waals surface area contributed by atoms with E-state index in [1.807, 2.05) is 13.8 Å². The zero-order chi connectivity index (χ0) is 15.5. The van der Waals surface area contributed by atoms with Gasteiger partial charge < -0.3 is 10.5 Å². The summed E-state index contributed by atoms with van der Waals surface area (Å²) in [5, 5.41) is 4.28. The zero-order valence-corrected chi connectivity index (χ0v) is 11.7. The third-order valence-corrected chi connectivity index (χ3v) is 2.83. The van der Waals surface area contributed by atoms with Crippen LogP contribution in [0, 0.1) is 0 Å². The molecule has 0 bridgehead atoms. The lowest BCUT2D eigenvalue weighted by atomic mass is 10.2. The Morgan fingerprint density at radius 1 is 1.45 bits per heavy atom. The number of nitrogens with two attached hydrogens (primary N) is 1. The molecule has 1 aromatic rings. The minimum atomic E-state index is -4.19. The van der Waals surface area contributed by atoms with Gasteiger partial charge in [0.05, 0.1) is 29.6 Å². The van der Waals surface area contributed by atoms with Crippen LogP contribution in [0.1, 0.15) is 31.6 Å². The van der Waals surface area contributed by atoms with Crippen LogP contribution in [0.15, 0.2) is 6.20 Å². The van der Waals surface area contributed by atoms with Crippen molar-refractivity contribution in [2.24, 2.45) is 5.73 Å².